The molecule has 9 nitrogen and oxygen atoms in total. The van der Waals surface area contributed by atoms with E-state index in [9.17, 15) is 14.7 Å². The Balaban J connectivity index is 1.63. The highest BCUT2D eigenvalue weighted by Crippen LogP contribution is 2.40. The van der Waals surface area contributed by atoms with Crippen molar-refractivity contribution in [3.05, 3.63) is 70.7 Å². The number of hydrogen-bond donors (Lipinski definition) is 1. The Hall–Kier alpha value is -3.69. The number of Topliss-reactive ketones (excluding diaryl/α,β-unsaturated/α-hetero) is 1. The molecule has 1 aromatic carbocycles. The van der Waals surface area contributed by atoms with E-state index in [0.29, 0.717) is 54.7 Å². The van der Waals surface area contributed by atoms with Crippen molar-refractivity contribution < 1.29 is 24.2 Å². The minimum atomic E-state index is -0.754. The second kappa shape index (κ2) is 9.75. The van der Waals surface area contributed by atoms with Crippen LogP contribution >= 0.6 is 0 Å². The highest BCUT2D eigenvalue weighted by molar-refractivity contribution is 6.46. The van der Waals surface area contributed by atoms with E-state index in [1.165, 1.54) is 0 Å². The normalized spacial score (nSPS) is 20.4. The van der Waals surface area contributed by atoms with E-state index in [4.69, 9.17) is 9.47 Å². The van der Waals surface area contributed by atoms with Crippen LogP contribution in [0.25, 0.3) is 11.4 Å². The maximum absolute atomic E-state index is 13.5. The number of ether oxygens (including phenoxy) is 2. The van der Waals surface area contributed by atoms with Gasteiger partial charge in [0.2, 0.25) is 0 Å². The summed E-state index contributed by atoms with van der Waals surface area (Å²) in [7, 11) is 1.57. The topological polar surface area (TPSA) is 96.6 Å². The van der Waals surface area contributed by atoms with Crippen LogP contribution in [-0.2, 0) is 14.3 Å². The van der Waals surface area contributed by atoms with E-state index in [1.54, 1.807) is 41.7 Å². The molecule has 0 spiro atoms. The number of hydrogen-bond acceptors (Lipinski definition) is 7. The van der Waals surface area contributed by atoms with Gasteiger partial charge in [-0.05, 0) is 43.2 Å². The third-order valence-corrected chi connectivity index (χ3v) is 6.95. The fourth-order valence-electron chi connectivity index (χ4n) is 5.07. The molecule has 5 rings (SSSR count). The molecule has 4 heterocycles. The van der Waals surface area contributed by atoms with E-state index < -0.39 is 17.7 Å². The van der Waals surface area contributed by atoms with E-state index in [1.807, 2.05) is 31.2 Å². The lowest BCUT2D eigenvalue weighted by Crippen LogP contribution is -2.42. The van der Waals surface area contributed by atoms with Crippen LogP contribution in [0, 0.1) is 13.8 Å². The molecular weight excluding hydrogens is 460 g/mol. The zero-order valence-electron chi connectivity index (χ0n) is 20.7. The molecule has 0 saturated carbocycles. The summed E-state index contributed by atoms with van der Waals surface area (Å²) in [5, 5.41) is 11.6. The quantitative estimate of drug-likeness (QED) is 0.322. The first-order valence-electron chi connectivity index (χ1n) is 12.1. The summed E-state index contributed by atoms with van der Waals surface area (Å²) in [6.45, 7) is 7.50. The molecule has 2 saturated heterocycles. The van der Waals surface area contributed by atoms with Crippen LogP contribution in [0.3, 0.4) is 0 Å². The second-order valence-corrected chi connectivity index (χ2v) is 9.15. The lowest BCUT2D eigenvalue weighted by molar-refractivity contribution is -0.140. The zero-order chi connectivity index (χ0) is 25.4. The Bertz CT molecular complexity index is 1360. The fourth-order valence-corrected chi connectivity index (χ4v) is 5.07. The first kappa shape index (κ1) is 24.0. The van der Waals surface area contributed by atoms with Crippen LogP contribution < -0.4 is 4.74 Å². The number of aryl methyl sites for hydroxylation is 2. The molecule has 1 N–H and O–H groups in total. The van der Waals surface area contributed by atoms with Crippen molar-refractivity contribution in [3.63, 3.8) is 0 Å². The highest BCUT2D eigenvalue weighted by Gasteiger charge is 2.46. The third-order valence-electron chi connectivity index (χ3n) is 6.95. The predicted octanol–water partition coefficient (Wildman–Crippen LogP) is 2.71. The Morgan fingerprint density at radius 1 is 1.14 bits per heavy atom. The smallest absolute Gasteiger partial charge is 0.295 e. The number of amides is 1. The Morgan fingerprint density at radius 3 is 2.67 bits per heavy atom. The van der Waals surface area contributed by atoms with Gasteiger partial charge in [0, 0.05) is 32.4 Å². The molecule has 188 valence electrons. The average molecular weight is 491 g/mol. The number of pyridine rings is 1. The molecule has 9 heteroatoms. The number of likely N-dealkylation sites (tertiary alicyclic amines) is 1. The van der Waals surface area contributed by atoms with Gasteiger partial charge in [-0.2, -0.15) is 0 Å². The summed E-state index contributed by atoms with van der Waals surface area (Å²) >= 11 is 0. The van der Waals surface area contributed by atoms with Crippen LogP contribution in [0.15, 0.2) is 48.2 Å². The van der Waals surface area contributed by atoms with Gasteiger partial charge in [-0.3, -0.25) is 18.9 Å². The van der Waals surface area contributed by atoms with Crippen LogP contribution in [0.4, 0.5) is 0 Å². The van der Waals surface area contributed by atoms with Crippen molar-refractivity contribution in [1.29, 1.82) is 0 Å². The minimum Gasteiger partial charge on any atom is -0.505 e. The summed E-state index contributed by atoms with van der Waals surface area (Å²) in [4.78, 5) is 35.2. The predicted molar refractivity (Wildman–Crippen MR) is 134 cm³/mol. The van der Waals surface area contributed by atoms with Gasteiger partial charge in [0.1, 0.15) is 17.1 Å². The second-order valence-electron chi connectivity index (χ2n) is 9.15. The maximum Gasteiger partial charge on any atom is 0.295 e. The molecule has 0 bridgehead atoms. The van der Waals surface area contributed by atoms with Gasteiger partial charge in [-0.15, -0.1) is 0 Å². The molecule has 2 aliphatic heterocycles. The molecule has 0 unspecified atom stereocenters. The van der Waals surface area contributed by atoms with E-state index >= 15 is 0 Å². The summed E-state index contributed by atoms with van der Waals surface area (Å²) in [6.07, 6.45) is 1.80. The number of fused-ring (bicyclic) bond motifs is 1. The number of aliphatic hydroxyl groups excluding tert-OH is 1. The monoisotopic (exact) mass is 490 g/mol. The summed E-state index contributed by atoms with van der Waals surface area (Å²) in [6, 6.07) is 10.3. The van der Waals surface area contributed by atoms with Crippen molar-refractivity contribution in [2.75, 3.05) is 46.5 Å². The van der Waals surface area contributed by atoms with Gasteiger partial charge >= 0.3 is 0 Å². The first-order valence-corrected chi connectivity index (χ1v) is 12.1. The minimum absolute atomic E-state index is 0.0571. The third kappa shape index (κ3) is 4.14. The van der Waals surface area contributed by atoms with E-state index in [2.05, 4.69) is 9.88 Å². The van der Waals surface area contributed by atoms with Crippen molar-refractivity contribution in [2.45, 2.75) is 19.9 Å². The molecule has 0 radical (unpaired) electrons. The molecule has 2 fully saturated rings. The maximum atomic E-state index is 13.5. The molecule has 3 aromatic rings. The number of nitrogens with zero attached hydrogens (tertiary/aromatic N) is 4. The number of aliphatic hydroxyl groups is 1. The summed E-state index contributed by atoms with van der Waals surface area (Å²) in [5.41, 5.74) is 3.37. The molecule has 0 aliphatic carbocycles. The number of aromatic nitrogens is 2. The average Bonchev–Trinajstić information content (AvgIpc) is 3.37. The number of carbonyl (C=O) groups excluding carboxylic acids is 2. The highest BCUT2D eigenvalue weighted by atomic mass is 16.5. The number of ketones is 1. The Morgan fingerprint density at radius 2 is 1.92 bits per heavy atom. The van der Waals surface area contributed by atoms with Gasteiger partial charge < -0.3 is 19.5 Å². The van der Waals surface area contributed by atoms with Crippen molar-refractivity contribution in [3.8, 4) is 5.75 Å². The molecule has 2 aliphatic rings. The molecule has 2 aromatic heterocycles. The van der Waals surface area contributed by atoms with Gasteiger partial charge in [-0.25, -0.2) is 4.98 Å². The number of carbonyl (C=O) groups is 2. The number of imidazole rings is 1. The number of rotatable bonds is 6. The standard InChI is InChI=1S/C27H30N4O5/c1-17-6-5-9-30-22(18(2)28-26(17)30)24(32)21-23(19-7-4-8-20(16-19)35-3)31(27(34)25(21)33)11-10-29-12-14-36-15-13-29/h4-9,16,23,32H,10-15H2,1-3H3/b24-21+/t23-/m0/s1. The lowest BCUT2D eigenvalue weighted by atomic mass is 9.96. The van der Waals surface area contributed by atoms with Gasteiger partial charge in [-0.1, -0.05) is 18.2 Å². The largest absolute Gasteiger partial charge is 0.505 e. The number of benzene rings is 1. The van der Waals surface area contributed by atoms with Crippen LogP contribution in [0.1, 0.15) is 28.6 Å². The van der Waals surface area contributed by atoms with Crippen molar-refractivity contribution in [2.24, 2.45) is 0 Å². The van der Waals surface area contributed by atoms with Crippen molar-refractivity contribution >= 4 is 23.1 Å². The molecule has 1 amide bonds. The van der Waals surface area contributed by atoms with Crippen molar-refractivity contribution in [1.82, 2.24) is 19.2 Å². The Labute approximate surface area is 209 Å². The summed E-state index contributed by atoms with van der Waals surface area (Å²) in [5.74, 6) is -0.955. The van der Waals surface area contributed by atoms with E-state index in [-0.39, 0.29) is 11.3 Å². The lowest BCUT2D eigenvalue weighted by Gasteiger charge is -2.31. The molecular formula is C27H30N4O5. The van der Waals surface area contributed by atoms with Crippen LogP contribution in [0.5, 0.6) is 5.75 Å². The van der Waals surface area contributed by atoms with Crippen LogP contribution in [-0.4, -0.2) is 82.5 Å². The zero-order valence-corrected chi connectivity index (χ0v) is 20.7. The summed E-state index contributed by atoms with van der Waals surface area (Å²) < 4.78 is 12.6. The van der Waals surface area contributed by atoms with Gasteiger partial charge in [0.15, 0.2) is 5.76 Å². The Kier molecular flexibility index (Phi) is 6.51. The fraction of sp³-hybridized carbons (Fsp3) is 0.370. The first-order chi connectivity index (χ1) is 17.4. The molecule has 36 heavy (non-hydrogen) atoms. The molecule has 1 atom stereocenters. The SMILES string of the molecule is COc1cccc([C@H]2/C(=C(\O)c3c(C)nc4c(C)cccn34)C(=O)C(=O)N2CCN2CCOCC2)c1. The van der Waals surface area contributed by atoms with Gasteiger partial charge in [0.05, 0.1) is 37.6 Å². The van der Waals surface area contributed by atoms with Gasteiger partial charge in [0.25, 0.3) is 11.7 Å². The van der Waals surface area contributed by atoms with Crippen LogP contribution in [0.2, 0.25) is 0 Å². The number of morpholine rings is 1. The number of methoxy groups -OCH3 is 1. The van der Waals surface area contributed by atoms with E-state index in [0.717, 1.165) is 18.7 Å².